The molecule has 0 amide bonds. The normalized spacial score (nSPS) is 14.1. The molecule has 0 aromatic heterocycles. The van der Waals surface area contributed by atoms with E-state index in [9.17, 15) is 19.1 Å². The van der Waals surface area contributed by atoms with Crippen molar-refractivity contribution in [3.63, 3.8) is 0 Å². The fourth-order valence-electron chi connectivity index (χ4n) is 2.32. The molecule has 1 rings (SSSR count). The lowest BCUT2D eigenvalue weighted by molar-refractivity contribution is -0.168. The fraction of sp³-hybridized carbons (Fsp3) is 0.579. The molecule has 0 unspecified atom stereocenters. The summed E-state index contributed by atoms with van der Waals surface area (Å²) in [5.74, 6) is -1.60. The monoisotopic (exact) mass is 354 g/mol. The standard InChI is InChI=1S/C19H27FO5/c1-18(2,3)24-12-4-5-13-25-19(10-11-21,17(22)23)14-15-6-8-16(20)9-7-15/h6-9,11H,4-5,10,12-14H2,1-3H3,(H,22,23)/t19-/m0/s1. The molecule has 0 heterocycles. The van der Waals surface area contributed by atoms with E-state index in [1.807, 2.05) is 20.8 Å². The SMILES string of the molecule is CC(C)(C)OCCCCO[C@@](CC=O)(Cc1ccc(F)cc1)C(=O)O. The van der Waals surface area contributed by atoms with Crippen molar-refractivity contribution in [2.24, 2.45) is 0 Å². The van der Waals surface area contributed by atoms with Gasteiger partial charge < -0.3 is 19.4 Å². The number of carbonyl (C=O) groups excluding carboxylic acids is 1. The Kier molecular flexibility index (Phi) is 8.19. The summed E-state index contributed by atoms with van der Waals surface area (Å²) in [6.07, 6.45) is 1.62. The number of rotatable bonds is 11. The van der Waals surface area contributed by atoms with Crippen LogP contribution in [0.4, 0.5) is 4.39 Å². The average molecular weight is 354 g/mol. The van der Waals surface area contributed by atoms with E-state index in [1.54, 1.807) is 0 Å². The molecule has 1 aromatic carbocycles. The first-order valence-electron chi connectivity index (χ1n) is 8.38. The number of aldehydes is 1. The molecule has 0 aliphatic heterocycles. The number of carboxylic acid groups (broad SMARTS) is 1. The van der Waals surface area contributed by atoms with Crippen LogP contribution in [0, 0.1) is 5.82 Å². The van der Waals surface area contributed by atoms with Crippen LogP contribution in [0.2, 0.25) is 0 Å². The number of carbonyl (C=O) groups is 2. The summed E-state index contributed by atoms with van der Waals surface area (Å²) in [5.41, 5.74) is -1.25. The predicted molar refractivity (Wildman–Crippen MR) is 92.0 cm³/mol. The molecule has 5 nitrogen and oxygen atoms in total. The molecule has 1 N–H and O–H groups in total. The molecule has 0 bridgehead atoms. The van der Waals surface area contributed by atoms with Crippen molar-refractivity contribution in [2.45, 2.75) is 57.7 Å². The second kappa shape index (κ2) is 9.63. The number of unbranched alkanes of at least 4 members (excludes halogenated alkanes) is 1. The first-order valence-corrected chi connectivity index (χ1v) is 8.38. The summed E-state index contributed by atoms with van der Waals surface area (Å²) >= 11 is 0. The summed E-state index contributed by atoms with van der Waals surface area (Å²) < 4.78 is 24.2. The quantitative estimate of drug-likeness (QED) is 0.487. The predicted octanol–water partition coefficient (Wildman–Crippen LogP) is 3.39. The molecule has 0 radical (unpaired) electrons. The van der Waals surface area contributed by atoms with E-state index >= 15 is 0 Å². The summed E-state index contributed by atoms with van der Waals surface area (Å²) in [4.78, 5) is 22.7. The minimum absolute atomic E-state index is 0.000154. The average Bonchev–Trinajstić information content (AvgIpc) is 2.51. The third-order valence-corrected chi connectivity index (χ3v) is 3.66. The van der Waals surface area contributed by atoms with E-state index in [-0.39, 0.29) is 25.0 Å². The van der Waals surface area contributed by atoms with Gasteiger partial charge in [-0.05, 0) is 51.3 Å². The van der Waals surface area contributed by atoms with Crippen molar-refractivity contribution in [1.29, 1.82) is 0 Å². The lowest BCUT2D eigenvalue weighted by Crippen LogP contribution is -2.44. The molecule has 0 aliphatic rings. The molecule has 25 heavy (non-hydrogen) atoms. The number of benzene rings is 1. The van der Waals surface area contributed by atoms with Gasteiger partial charge in [0.05, 0.1) is 5.60 Å². The van der Waals surface area contributed by atoms with Gasteiger partial charge in [-0.3, -0.25) is 0 Å². The maximum Gasteiger partial charge on any atom is 0.336 e. The molecule has 0 fully saturated rings. The molecule has 140 valence electrons. The van der Waals surface area contributed by atoms with Crippen molar-refractivity contribution in [3.8, 4) is 0 Å². The largest absolute Gasteiger partial charge is 0.479 e. The number of hydrogen-bond acceptors (Lipinski definition) is 4. The second-order valence-corrected chi connectivity index (χ2v) is 6.99. The van der Waals surface area contributed by atoms with Crippen molar-refractivity contribution in [1.82, 2.24) is 0 Å². The molecule has 1 aromatic rings. The molecular formula is C19H27FO5. The van der Waals surface area contributed by atoms with E-state index in [1.165, 1.54) is 24.3 Å². The Morgan fingerprint density at radius 1 is 1.12 bits per heavy atom. The van der Waals surface area contributed by atoms with Crippen LogP contribution in [-0.4, -0.2) is 41.8 Å². The first-order chi connectivity index (χ1) is 11.7. The van der Waals surface area contributed by atoms with Crippen LogP contribution in [0.5, 0.6) is 0 Å². The van der Waals surface area contributed by atoms with E-state index in [4.69, 9.17) is 9.47 Å². The third kappa shape index (κ3) is 7.75. The lowest BCUT2D eigenvalue weighted by Gasteiger charge is -2.28. The number of carboxylic acids is 1. The number of halogens is 1. The highest BCUT2D eigenvalue weighted by molar-refractivity contribution is 5.81. The van der Waals surface area contributed by atoms with E-state index in [0.717, 1.165) is 6.42 Å². The number of aliphatic carboxylic acids is 1. The zero-order chi connectivity index (χ0) is 18.9. The second-order valence-electron chi connectivity index (χ2n) is 6.99. The van der Waals surface area contributed by atoms with Gasteiger partial charge in [0.2, 0.25) is 0 Å². The smallest absolute Gasteiger partial charge is 0.336 e. The minimum atomic E-state index is -1.63. The Balaban J connectivity index is 2.64. The maximum atomic E-state index is 13.0. The van der Waals surface area contributed by atoms with Crippen LogP contribution in [0.25, 0.3) is 0 Å². The van der Waals surface area contributed by atoms with Crippen molar-refractivity contribution in [2.75, 3.05) is 13.2 Å². The summed E-state index contributed by atoms with van der Waals surface area (Å²) in [6, 6.07) is 5.51. The lowest BCUT2D eigenvalue weighted by atomic mass is 9.91. The van der Waals surface area contributed by atoms with Gasteiger partial charge in [-0.2, -0.15) is 0 Å². The van der Waals surface area contributed by atoms with Crippen molar-refractivity contribution in [3.05, 3.63) is 35.6 Å². The first kappa shape index (κ1) is 21.3. The van der Waals surface area contributed by atoms with Gasteiger partial charge in [-0.25, -0.2) is 9.18 Å². The molecule has 0 aliphatic carbocycles. The minimum Gasteiger partial charge on any atom is -0.479 e. The van der Waals surface area contributed by atoms with Gasteiger partial charge in [-0.15, -0.1) is 0 Å². The van der Waals surface area contributed by atoms with Crippen molar-refractivity contribution < 1.29 is 28.6 Å². The Morgan fingerprint density at radius 3 is 2.16 bits per heavy atom. The number of ether oxygens (including phenoxy) is 2. The van der Waals surface area contributed by atoms with Gasteiger partial charge in [0, 0.05) is 26.1 Å². The van der Waals surface area contributed by atoms with E-state index in [0.29, 0.717) is 24.9 Å². The van der Waals surface area contributed by atoms with Crippen LogP contribution in [0.3, 0.4) is 0 Å². The topological polar surface area (TPSA) is 72.8 Å². The molecule has 0 spiro atoms. The third-order valence-electron chi connectivity index (χ3n) is 3.66. The molecular weight excluding hydrogens is 327 g/mol. The molecule has 6 heteroatoms. The highest BCUT2D eigenvalue weighted by atomic mass is 19.1. The molecule has 0 saturated carbocycles. The Hall–Kier alpha value is -1.79. The van der Waals surface area contributed by atoms with Gasteiger partial charge in [-0.1, -0.05) is 12.1 Å². The van der Waals surface area contributed by atoms with Crippen LogP contribution in [0.1, 0.15) is 45.6 Å². The van der Waals surface area contributed by atoms with E-state index < -0.39 is 17.4 Å². The van der Waals surface area contributed by atoms with Crippen LogP contribution in [0.15, 0.2) is 24.3 Å². The van der Waals surface area contributed by atoms with Crippen LogP contribution in [-0.2, 0) is 25.5 Å². The highest BCUT2D eigenvalue weighted by Gasteiger charge is 2.39. The summed E-state index contributed by atoms with van der Waals surface area (Å²) in [6.45, 7) is 6.65. The van der Waals surface area contributed by atoms with Crippen molar-refractivity contribution >= 4 is 12.3 Å². The Labute approximate surface area is 148 Å². The van der Waals surface area contributed by atoms with E-state index in [2.05, 4.69) is 0 Å². The zero-order valence-corrected chi connectivity index (χ0v) is 15.1. The highest BCUT2D eigenvalue weighted by Crippen LogP contribution is 2.23. The summed E-state index contributed by atoms with van der Waals surface area (Å²) in [5, 5.41) is 9.60. The van der Waals surface area contributed by atoms with Gasteiger partial charge in [0.1, 0.15) is 12.1 Å². The zero-order valence-electron chi connectivity index (χ0n) is 15.1. The number of hydrogen-bond donors (Lipinski definition) is 1. The van der Waals surface area contributed by atoms with Gasteiger partial charge in [0.25, 0.3) is 0 Å². The molecule has 1 atom stereocenters. The van der Waals surface area contributed by atoms with Crippen LogP contribution < -0.4 is 0 Å². The van der Waals surface area contributed by atoms with Crippen LogP contribution >= 0.6 is 0 Å². The fourth-order valence-corrected chi connectivity index (χ4v) is 2.32. The Bertz CT molecular complexity index is 550. The van der Waals surface area contributed by atoms with Gasteiger partial charge >= 0.3 is 5.97 Å². The van der Waals surface area contributed by atoms with Gasteiger partial charge in [0.15, 0.2) is 5.60 Å². The Morgan fingerprint density at radius 2 is 1.68 bits per heavy atom. The maximum absolute atomic E-state index is 13.0. The summed E-state index contributed by atoms with van der Waals surface area (Å²) in [7, 11) is 0. The molecule has 0 saturated heterocycles.